The molecule has 3 aliphatic rings. The van der Waals surface area contributed by atoms with Crippen LogP contribution in [0.25, 0.3) is 0 Å². The number of fused-ring (bicyclic) bond motifs is 3. The van der Waals surface area contributed by atoms with E-state index < -0.39 is 0 Å². The Labute approximate surface area is 127 Å². The van der Waals surface area contributed by atoms with Gasteiger partial charge in [-0.05, 0) is 72.5 Å². The van der Waals surface area contributed by atoms with E-state index in [1.165, 1.54) is 51.4 Å². The summed E-state index contributed by atoms with van der Waals surface area (Å²) in [5, 5.41) is 0. The average molecular weight is 277 g/mol. The minimum Gasteiger partial charge on any atom is -0.0622 e. The third-order valence-corrected chi connectivity index (χ3v) is 8.22. The van der Waals surface area contributed by atoms with Crippen molar-refractivity contribution >= 4 is 0 Å². The van der Waals surface area contributed by atoms with Crippen molar-refractivity contribution in [2.75, 3.05) is 0 Å². The minimum atomic E-state index is 0.593. The maximum atomic E-state index is 2.64. The van der Waals surface area contributed by atoms with Crippen LogP contribution in [-0.2, 0) is 0 Å². The second kappa shape index (κ2) is 5.03. The quantitative estimate of drug-likeness (QED) is 0.487. The van der Waals surface area contributed by atoms with Crippen LogP contribution < -0.4 is 0 Å². The van der Waals surface area contributed by atoms with E-state index in [9.17, 15) is 0 Å². The van der Waals surface area contributed by atoms with E-state index >= 15 is 0 Å². The molecule has 6 atom stereocenters. The van der Waals surface area contributed by atoms with E-state index in [4.69, 9.17) is 0 Å². The molecular weight excluding hydrogens is 240 g/mol. The van der Waals surface area contributed by atoms with Crippen LogP contribution in [0.4, 0.5) is 0 Å². The van der Waals surface area contributed by atoms with Gasteiger partial charge in [-0.1, -0.05) is 53.9 Å². The van der Waals surface area contributed by atoms with Crippen LogP contribution in [0.15, 0.2) is 0 Å². The van der Waals surface area contributed by atoms with Crippen molar-refractivity contribution < 1.29 is 0 Å². The van der Waals surface area contributed by atoms with Crippen molar-refractivity contribution in [1.82, 2.24) is 0 Å². The Hall–Kier alpha value is 0. The predicted octanol–water partition coefficient (Wildman–Crippen LogP) is 6.30. The fraction of sp³-hybridized carbons (Fsp3) is 1.00. The molecule has 3 fully saturated rings. The highest BCUT2D eigenvalue weighted by Gasteiger charge is 2.50. The summed E-state index contributed by atoms with van der Waals surface area (Å²) in [5.41, 5.74) is 1.26. The lowest BCUT2D eigenvalue weighted by Gasteiger charge is -2.57. The van der Waals surface area contributed by atoms with Crippen LogP contribution in [0.2, 0.25) is 0 Å². The molecule has 0 heteroatoms. The zero-order valence-electron chi connectivity index (χ0n) is 14.5. The summed E-state index contributed by atoms with van der Waals surface area (Å²) in [7, 11) is 0. The van der Waals surface area contributed by atoms with Crippen molar-refractivity contribution in [3.05, 3.63) is 0 Å². The molecule has 3 saturated carbocycles. The molecule has 0 aliphatic heterocycles. The highest BCUT2D eigenvalue weighted by Crippen LogP contribution is 2.60. The van der Waals surface area contributed by atoms with Crippen molar-refractivity contribution in [1.29, 1.82) is 0 Å². The third kappa shape index (κ3) is 2.26. The van der Waals surface area contributed by atoms with E-state index in [0.29, 0.717) is 10.8 Å². The molecule has 0 aromatic rings. The van der Waals surface area contributed by atoms with Crippen LogP contribution in [0, 0.1) is 40.4 Å². The average Bonchev–Trinajstić information content (AvgIpc) is 2.35. The summed E-state index contributed by atoms with van der Waals surface area (Å²) >= 11 is 0. The zero-order chi connectivity index (χ0) is 14.5. The molecule has 0 nitrogen and oxygen atoms in total. The molecule has 0 N–H and O–H groups in total. The summed E-state index contributed by atoms with van der Waals surface area (Å²) in [5.74, 6) is 4.92. The van der Waals surface area contributed by atoms with Gasteiger partial charge in [-0.25, -0.2) is 0 Å². The fourth-order valence-electron chi connectivity index (χ4n) is 6.67. The van der Waals surface area contributed by atoms with Gasteiger partial charge in [-0.15, -0.1) is 0 Å². The SMILES string of the molecule is CC1CCC2CC3C(C)CCC[C@@]3(C)CCC1C2(C)C. The monoisotopic (exact) mass is 276 g/mol. The van der Waals surface area contributed by atoms with Crippen LogP contribution in [0.1, 0.15) is 86.0 Å². The largest absolute Gasteiger partial charge is 0.0622 e. The number of hydrogen-bond donors (Lipinski definition) is 0. The molecule has 5 unspecified atom stereocenters. The first-order valence-electron chi connectivity index (χ1n) is 9.34. The molecule has 0 amide bonds. The highest BCUT2D eigenvalue weighted by atomic mass is 14.6. The lowest BCUT2D eigenvalue weighted by molar-refractivity contribution is -0.0692. The molecule has 0 aromatic heterocycles. The lowest BCUT2D eigenvalue weighted by Crippen LogP contribution is -2.48. The second-order valence-electron chi connectivity index (χ2n) is 9.58. The Kier molecular flexibility index (Phi) is 3.75. The lowest BCUT2D eigenvalue weighted by atomic mass is 9.48. The summed E-state index contributed by atoms with van der Waals surface area (Å²) in [6.45, 7) is 12.9. The third-order valence-electron chi connectivity index (χ3n) is 8.22. The summed E-state index contributed by atoms with van der Waals surface area (Å²) in [4.78, 5) is 0. The van der Waals surface area contributed by atoms with Crippen LogP contribution in [0.5, 0.6) is 0 Å². The Morgan fingerprint density at radius 3 is 2.20 bits per heavy atom. The van der Waals surface area contributed by atoms with E-state index in [0.717, 1.165) is 29.6 Å². The second-order valence-corrected chi connectivity index (χ2v) is 9.58. The van der Waals surface area contributed by atoms with Gasteiger partial charge in [0.2, 0.25) is 0 Å². The van der Waals surface area contributed by atoms with Gasteiger partial charge in [0.1, 0.15) is 0 Å². The molecule has 3 rings (SSSR count). The number of rotatable bonds is 0. The molecule has 2 bridgehead atoms. The summed E-state index contributed by atoms with van der Waals surface area (Å²) < 4.78 is 0. The van der Waals surface area contributed by atoms with Crippen LogP contribution in [-0.4, -0.2) is 0 Å². The normalized spacial score (nSPS) is 51.8. The molecule has 3 aliphatic carbocycles. The van der Waals surface area contributed by atoms with Crippen molar-refractivity contribution in [3.8, 4) is 0 Å². The molecular formula is C20H36. The molecule has 0 aromatic carbocycles. The van der Waals surface area contributed by atoms with Gasteiger partial charge in [0, 0.05) is 0 Å². The smallest absolute Gasteiger partial charge is 0.0295 e. The van der Waals surface area contributed by atoms with E-state index in [-0.39, 0.29) is 0 Å². The van der Waals surface area contributed by atoms with Crippen LogP contribution >= 0.6 is 0 Å². The maximum absolute atomic E-state index is 2.64. The van der Waals surface area contributed by atoms with E-state index in [1.54, 1.807) is 0 Å². The van der Waals surface area contributed by atoms with Crippen LogP contribution in [0.3, 0.4) is 0 Å². The Morgan fingerprint density at radius 2 is 1.45 bits per heavy atom. The fourth-order valence-corrected chi connectivity index (χ4v) is 6.67. The Morgan fingerprint density at radius 1 is 0.750 bits per heavy atom. The highest BCUT2D eigenvalue weighted by molar-refractivity contribution is 5.00. The molecule has 116 valence electrons. The van der Waals surface area contributed by atoms with Gasteiger partial charge in [0.05, 0.1) is 0 Å². The molecule has 0 radical (unpaired) electrons. The van der Waals surface area contributed by atoms with Gasteiger partial charge in [-0.2, -0.15) is 0 Å². The van der Waals surface area contributed by atoms with Gasteiger partial charge < -0.3 is 0 Å². The Bertz CT molecular complexity index is 355. The standard InChI is InChI=1S/C20H36/c1-14-7-6-11-20(5)12-10-17-15(2)8-9-16(13-18(14)20)19(17,3)4/h14-18H,6-13H2,1-5H3/t14?,15?,16?,17?,18?,20-/m0/s1. The van der Waals surface area contributed by atoms with E-state index in [1.807, 2.05) is 0 Å². The first-order chi connectivity index (χ1) is 9.34. The van der Waals surface area contributed by atoms with E-state index in [2.05, 4.69) is 34.6 Å². The molecule has 20 heavy (non-hydrogen) atoms. The van der Waals surface area contributed by atoms with Gasteiger partial charge in [0.15, 0.2) is 0 Å². The predicted molar refractivity (Wildman–Crippen MR) is 87.6 cm³/mol. The first kappa shape index (κ1) is 14.9. The van der Waals surface area contributed by atoms with Gasteiger partial charge in [0.25, 0.3) is 0 Å². The topological polar surface area (TPSA) is 0 Å². The van der Waals surface area contributed by atoms with Crippen molar-refractivity contribution in [3.63, 3.8) is 0 Å². The molecule has 0 saturated heterocycles. The summed E-state index contributed by atoms with van der Waals surface area (Å²) in [6, 6.07) is 0. The number of hydrogen-bond acceptors (Lipinski definition) is 0. The van der Waals surface area contributed by atoms with Gasteiger partial charge in [-0.3, -0.25) is 0 Å². The van der Waals surface area contributed by atoms with Crippen molar-refractivity contribution in [2.24, 2.45) is 40.4 Å². The first-order valence-corrected chi connectivity index (χ1v) is 9.34. The zero-order valence-corrected chi connectivity index (χ0v) is 14.5. The minimum absolute atomic E-state index is 0.593. The summed E-state index contributed by atoms with van der Waals surface area (Å²) in [6.07, 6.45) is 12.0. The molecule has 0 heterocycles. The molecule has 0 spiro atoms. The van der Waals surface area contributed by atoms with Crippen molar-refractivity contribution in [2.45, 2.75) is 86.0 Å². The van der Waals surface area contributed by atoms with Gasteiger partial charge >= 0.3 is 0 Å². The Balaban J connectivity index is 1.91. The maximum Gasteiger partial charge on any atom is -0.0295 e.